The first-order chi connectivity index (χ1) is 6.24. The molecule has 5 heteroatoms. The number of carbonyl (C=O) groups excluding carboxylic acids is 1. The van der Waals surface area contributed by atoms with Crippen LogP contribution in [0.3, 0.4) is 0 Å². The van der Waals surface area contributed by atoms with Gasteiger partial charge in [0, 0.05) is 12.2 Å². The number of epoxide rings is 1. The molecule has 0 bridgehead atoms. The molecule has 0 saturated carbocycles. The molecule has 0 aromatic carbocycles. The van der Waals surface area contributed by atoms with Gasteiger partial charge in [-0.25, -0.2) is 0 Å². The molecule has 1 saturated heterocycles. The van der Waals surface area contributed by atoms with Crippen molar-refractivity contribution in [3.8, 4) is 0 Å². The first-order valence-corrected chi connectivity index (χ1v) is 5.34. The minimum atomic E-state index is 0.0710. The molecule has 4 nitrogen and oxygen atoms in total. The molecule has 0 aliphatic carbocycles. The van der Waals surface area contributed by atoms with Crippen LogP contribution in [-0.4, -0.2) is 35.6 Å². The quantitative estimate of drug-likeness (QED) is 0.656. The number of hydrogen-bond donors (Lipinski definition) is 1. The summed E-state index contributed by atoms with van der Waals surface area (Å²) in [6.45, 7) is 2.80. The molecule has 0 unspecified atom stereocenters. The number of carbonyl (C=O) groups is 1. The van der Waals surface area contributed by atoms with Crippen molar-refractivity contribution >= 4 is 22.8 Å². The third-order valence-electron chi connectivity index (χ3n) is 1.87. The van der Waals surface area contributed by atoms with Crippen molar-refractivity contribution in [3.05, 3.63) is 0 Å². The van der Waals surface area contributed by atoms with E-state index in [-0.39, 0.29) is 11.9 Å². The highest BCUT2D eigenvalue weighted by Gasteiger charge is 2.25. The third-order valence-corrected chi connectivity index (χ3v) is 2.89. The second kappa shape index (κ2) is 3.67. The highest BCUT2D eigenvalue weighted by atomic mass is 32.2. The highest BCUT2D eigenvalue weighted by Crippen LogP contribution is 2.18. The molecule has 72 valence electrons. The van der Waals surface area contributed by atoms with E-state index in [1.165, 1.54) is 0 Å². The molecule has 0 aromatic rings. The largest absolute Gasteiger partial charge is 0.372 e. The molecule has 1 N–H and O–H groups in total. The lowest BCUT2D eigenvalue weighted by molar-refractivity contribution is -0.120. The molecular formula is C8H12N2O2S. The maximum atomic E-state index is 11.1. The molecule has 1 fully saturated rings. The van der Waals surface area contributed by atoms with Crippen molar-refractivity contribution in [1.29, 1.82) is 0 Å². The van der Waals surface area contributed by atoms with Crippen molar-refractivity contribution in [2.24, 2.45) is 4.99 Å². The van der Waals surface area contributed by atoms with E-state index in [4.69, 9.17) is 4.74 Å². The van der Waals surface area contributed by atoms with Gasteiger partial charge in [-0.2, -0.15) is 0 Å². The average molecular weight is 200 g/mol. The maximum absolute atomic E-state index is 11.1. The van der Waals surface area contributed by atoms with Crippen molar-refractivity contribution in [2.45, 2.75) is 25.5 Å². The molecular weight excluding hydrogens is 188 g/mol. The Hall–Kier alpha value is -0.550. The Morgan fingerprint density at radius 1 is 1.77 bits per heavy atom. The fraction of sp³-hybridized carbons (Fsp3) is 0.750. The van der Waals surface area contributed by atoms with E-state index in [2.05, 4.69) is 10.3 Å². The van der Waals surface area contributed by atoms with Gasteiger partial charge < -0.3 is 10.1 Å². The van der Waals surface area contributed by atoms with Gasteiger partial charge in [0.25, 0.3) is 0 Å². The lowest BCUT2D eigenvalue weighted by atomic mass is 10.2. The molecule has 0 spiro atoms. The predicted octanol–water partition coefficient (Wildman–Crippen LogP) is 0.383. The van der Waals surface area contributed by atoms with Crippen LogP contribution < -0.4 is 5.32 Å². The second-order valence-corrected chi connectivity index (χ2v) is 4.31. The summed E-state index contributed by atoms with van der Waals surface area (Å²) in [5, 5.41) is 3.50. The molecule has 1 amide bonds. The predicted molar refractivity (Wildman–Crippen MR) is 51.9 cm³/mol. The molecule has 2 aliphatic rings. The summed E-state index contributed by atoms with van der Waals surface area (Å²) in [6.07, 6.45) is 0.881. The Morgan fingerprint density at radius 3 is 3.15 bits per heavy atom. The van der Waals surface area contributed by atoms with Gasteiger partial charge in [0.15, 0.2) is 5.17 Å². The van der Waals surface area contributed by atoms with Gasteiger partial charge in [0.1, 0.15) is 0 Å². The van der Waals surface area contributed by atoms with Crippen LogP contribution in [0, 0.1) is 0 Å². The zero-order valence-corrected chi connectivity index (χ0v) is 8.26. The minimum absolute atomic E-state index is 0.0710. The van der Waals surface area contributed by atoms with Gasteiger partial charge in [-0.3, -0.25) is 9.79 Å². The van der Waals surface area contributed by atoms with Gasteiger partial charge in [0.05, 0.1) is 18.8 Å². The number of ether oxygens (including phenoxy) is 1. The zero-order chi connectivity index (χ0) is 9.26. The molecule has 2 atom stereocenters. The summed E-state index contributed by atoms with van der Waals surface area (Å²) in [5.74, 6) is 0.966. The Balaban J connectivity index is 1.85. The summed E-state index contributed by atoms with van der Waals surface area (Å²) < 4.78 is 5.06. The number of nitrogens with one attached hydrogen (secondary N) is 1. The number of aliphatic imine (C=N–C) groups is 1. The van der Waals surface area contributed by atoms with E-state index >= 15 is 0 Å². The lowest BCUT2D eigenvalue weighted by Crippen LogP contribution is -2.36. The number of amides is 1. The van der Waals surface area contributed by atoms with Crippen molar-refractivity contribution in [1.82, 2.24) is 5.32 Å². The lowest BCUT2D eigenvalue weighted by Gasteiger charge is -2.16. The highest BCUT2D eigenvalue weighted by molar-refractivity contribution is 8.13. The van der Waals surface area contributed by atoms with E-state index < -0.39 is 0 Å². The third kappa shape index (κ3) is 2.70. The topological polar surface area (TPSA) is 54.0 Å². The Kier molecular flexibility index (Phi) is 2.55. The minimum Gasteiger partial charge on any atom is -0.372 e. The summed E-state index contributed by atoms with van der Waals surface area (Å²) in [6, 6.07) is 0.122. The number of thioether (sulfide) groups is 1. The Labute approximate surface area is 81.1 Å². The fourth-order valence-electron chi connectivity index (χ4n) is 1.13. The summed E-state index contributed by atoms with van der Waals surface area (Å²) >= 11 is 1.57. The first kappa shape index (κ1) is 9.02. The standard InChI is InChI=1S/C8H12N2O2S/c1-5-2-7(11)10-8(9-5)13-4-6-3-12-6/h5-6H,2-4H2,1H3,(H,9,10,11)/t5-,6+/m1/s1. The van der Waals surface area contributed by atoms with Gasteiger partial charge in [-0.05, 0) is 6.92 Å². The van der Waals surface area contributed by atoms with Crippen LogP contribution >= 0.6 is 11.8 Å². The van der Waals surface area contributed by atoms with E-state index in [0.717, 1.165) is 17.5 Å². The number of amidine groups is 1. The van der Waals surface area contributed by atoms with Crippen LogP contribution in [0.4, 0.5) is 0 Å². The van der Waals surface area contributed by atoms with Crippen molar-refractivity contribution in [2.75, 3.05) is 12.4 Å². The van der Waals surface area contributed by atoms with Crippen LogP contribution in [0.15, 0.2) is 4.99 Å². The molecule has 0 radical (unpaired) electrons. The van der Waals surface area contributed by atoms with Crippen LogP contribution in [0.5, 0.6) is 0 Å². The number of nitrogens with zero attached hydrogens (tertiary/aromatic N) is 1. The normalized spacial score (nSPS) is 32.4. The SMILES string of the molecule is C[C@@H]1CC(=O)NC(SC[C@@H]2CO2)=N1. The smallest absolute Gasteiger partial charge is 0.228 e. The van der Waals surface area contributed by atoms with E-state index in [1.807, 2.05) is 6.92 Å². The Morgan fingerprint density at radius 2 is 2.54 bits per heavy atom. The van der Waals surface area contributed by atoms with Crippen molar-refractivity contribution < 1.29 is 9.53 Å². The first-order valence-electron chi connectivity index (χ1n) is 4.36. The number of rotatable bonds is 2. The second-order valence-electron chi connectivity index (χ2n) is 3.30. The zero-order valence-electron chi connectivity index (χ0n) is 7.45. The monoisotopic (exact) mass is 200 g/mol. The maximum Gasteiger partial charge on any atom is 0.228 e. The summed E-state index contributed by atoms with van der Waals surface area (Å²) in [7, 11) is 0. The molecule has 2 aliphatic heterocycles. The van der Waals surface area contributed by atoms with Gasteiger partial charge in [-0.15, -0.1) is 0 Å². The van der Waals surface area contributed by atoms with Crippen LogP contribution in [0.1, 0.15) is 13.3 Å². The summed E-state index contributed by atoms with van der Waals surface area (Å²) in [5.41, 5.74) is 0. The molecule has 0 aromatic heterocycles. The molecule has 2 rings (SSSR count). The van der Waals surface area contributed by atoms with Crippen LogP contribution in [-0.2, 0) is 9.53 Å². The van der Waals surface area contributed by atoms with Gasteiger partial charge in [0.2, 0.25) is 5.91 Å². The molecule has 2 heterocycles. The van der Waals surface area contributed by atoms with Crippen LogP contribution in [0.2, 0.25) is 0 Å². The van der Waals surface area contributed by atoms with E-state index in [1.54, 1.807) is 11.8 Å². The van der Waals surface area contributed by atoms with E-state index in [0.29, 0.717) is 12.5 Å². The van der Waals surface area contributed by atoms with Crippen molar-refractivity contribution in [3.63, 3.8) is 0 Å². The Bertz CT molecular complexity index is 251. The number of hydrogen-bond acceptors (Lipinski definition) is 4. The fourth-order valence-corrected chi connectivity index (χ4v) is 2.10. The van der Waals surface area contributed by atoms with E-state index in [9.17, 15) is 4.79 Å². The molecule has 13 heavy (non-hydrogen) atoms. The average Bonchev–Trinajstić information content (AvgIpc) is 2.81. The van der Waals surface area contributed by atoms with Crippen LogP contribution in [0.25, 0.3) is 0 Å². The summed E-state index contributed by atoms with van der Waals surface area (Å²) in [4.78, 5) is 15.4. The van der Waals surface area contributed by atoms with Gasteiger partial charge >= 0.3 is 0 Å². The van der Waals surface area contributed by atoms with Gasteiger partial charge in [-0.1, -0.05) is 11.8 Å².